The van der Waals surface area contributed by atoms with E-state index in [9.17, 15) is 8.78 Å². The second-order valence-electron chi connectivity index (χ2n) is 7.94. The molecule has 0 aromatic heterocycles. The van der Waals surface area contributed by atoms with E-state index >= 15 is 0 Å². The minimum Gasteiger partial charge on any atom is -0.207 e. The van der Waals surface area contributed by atoms with Crippen LogP contribution in [0.2, 0.25) is 0 Å². The van der Waals surface area contributed by atoms with Gasteiger partial charge >= 0.3 is 0 Å². The van der Waals surface area contributed by atoms with Gasteiger partial charge in [-0.3, -0.25) is 0 Å². The molecule has 1 aliphatic carbocycles. The van der Waals surface area contributed by atoms with Crippen LogP contribution in [0.5, 0.6) is 0 Å². The number of hydrogen-bond donors (Lipinski definition) is 0. The van der Waals surface area contributed by atoms with Crippen LogP contribution in [0.25, 0.3) is 10.8 Å². The molecule has 2 heteroatoms. The second kappa shape index (κ2) is 8.62. The third-order valence-electron chi connectivity index (χ3n) is 5.96. The van der Waals surface area contributed by atoms with Gasteiger partial charge in [-0.2, -0.15) is 0 Å². The zero-order chi connectivity index (χ0) is 20.2. The van der Waals surface area contributed by atoms with Crippen molar-refractivity contribution in [3.63, 3.8) is 0 Å². The Morgan fingerprint density at radius 3 is 2.38 bits per heavy atom. The van der Waals surface area contributed by atoms with Gasteiger partial charge in [-0.1, -0.05) is 36.1 Å². The molecule has 3 aromatic rings. The summed E-state index contributed by atoms with van der Waals surface area (Å²) in [5.41, 5.74) is 2.28. The highest BCUT2D eigenvalue weighted by atomic mass is 19.1. The van der Waals surface area contributed by atoms with E-state index in [-0.39, 0.29) is 11.6 Å². The lowest BCUT2D eigenvalue weighted by molar-refractivity contribution is 0.328. The Bertz CT molecular complexity index is 1090. The van der Waals surface area contributed by atoms with Crippen LogP contribution in [0.15, 0.2) is 67.3 Å². The molecule has 0 saturated heterocycles. The Morgan fingerprint density at radius 2 is 1.62 bits per heavy atom. The smallest absolute Gasteiger partial charge is 0.139 e. The van der Waals surface area contributed by atoms with Crippen molar-refractivity contribution in [3.05, 3.63) is 95.6 Å². The average Bonchev–Trinajstić information content (AvgIpc) is 2.73. The highest BCUT2D eigenvalue weighted by Gasteiger charge is 2.22. The molecule has 0 atom stereocenters. The van der Waals surface area contributed by atoms with E-state index in [1.807, 2.05) is 30.3 Å². The molecule has 0 amide bonds. The number of rotatable bonds is 3. The van der Waals surface area contributed by atoms with Crippen LogP contribution in [-0.4, -0.2) is 0 Å². The van der Waals surface area contributed by atoms with Crippen molar-refractivity contribution >= 4 is 10.8 Å². The van der Waals surface area contributed by atoms with E-state index in [4.69, 9.17) is 0 Å². The van der Waals surface area contributed by atoms with Crippen LogP contribution in [0.3, 0.4) is 0 Å². The maximum Gasteiger partial charge on any atom is 0.139 e. The van der Waals surface area contributed by atoms with E-state index in [1.165, 1.54) is 25.0 Å². The molecular weight excluding hydrogens is 362 g/mol. The molecule has 29 heavy (non-hydrogen) atoms. The summed E-state index contributed by atoms with van der Waals surface area (Å²) in [4.78, 5) is 0. The first-order valence-electron chi connectivity index (χ1n) is 10.2. The average molecular weight is 386 g/mol. The summed E-state index contributed by atoms with van der Waals surface area (Å²) < 4.78 is 27.9. The van der Waals surface area contributed by atoms with Gasteiger partial charge in [0.05, 0.1) is 5.56 Å². The van der Waals surface area contributed by atoms with Crippen molar-refractivity contribution in [1.29, 1.82) is 0 Å². The zero-order valence-corrected chi connectivity index (χ0v) is 16.4. The fourth-order valence-electron chi connectivity index (χ4n) is 4.29. The second-order valence-corrected chi connectivity index (χ2v) is 7.94. The summed E-state index contributed by atoms with van der Waals surface area (Å²) in [5.74, 6) is 6.64. The zero-order valence-electron chi connectivity index (χ0n) is 16.4. The molecule has 1 fully saturated rings. The van der Waals surface area contributed by atoms with Gasteiger partial charge in [0.2, 0.25) is 0 Å². The van der Waals surface area contributed by atoms with Crippen molar-refractivity contribution in [2.24, 2.45) is 5.92 Å². The molecule has 0 aliphatic heterocycles. The van der Waals surface area contributed by atoms with Gasteiger partial charge in [-0.15, -0.1) is 6.58 Å². The van der Waals surface area contributed by atoms with Gasteiger partial charge in [-0.25, -0.2) is 8.78 Å². The van der Waals surface area contributed by atoms with E-state index in [2.05, 4.69) is 18.4 Å². The molecule has 3 aromatic carbocycles. The predicted octanol–water partition coefficient (Wildman–Crippen LogP) is 7.37. The van der Waals surface area contributed by atoms with E-state index < -0.39 is 0 Å². The molecule has 0 spiro atoms. The number of fused-ring (bicyclic) bond motifs is 1. The maximum absolute atomic E-state index is 14.6. The highest BCUT2D eigenvalue weighted by Crippen LogP contribution is 2.37. The Hall–Kier alpha value is -2.92. The van der Waals surface area contributed by atoms with Crippen LogP contribution in [0.4, 0.5) is 8.78 Å². The van der Waals surface area contributed by atoms with Crippen LogP contribution in [-0.2, 0) is 0 Å². The van der Waals surface area contributed by atoms with Gasteiger partial charge in [0.25, 0.3) is 0 Å². The largest absolute Gasteiger partial charge is 0.207 e. The summed E-state index contributed by atoms with van der Waals surface area (Å²) in [7, 11) is 0. The highest BCUT2D eigenvalue weighted by molar-refractivity contribution is 5.83. The van der Waals surface area contributed by atoms with Gasteiger partial charge < -0.3 is 0 Å². The molecule has 0 radical (unpaired) electrons. The van der Waals surface area contributed by atoms with Crippen molar-refractivity contribution in [1.82, 2.24) is 0 Å². The van der Waals surface area contributed by atoms with Crippen molar-refractivity contribution in [3.8, 4) is 11.8 Å². The summed E-state index contributed by atoms with van der Waals surface area (Å²) in [6.07, 6.45) is 7.68. The number of hydrogen-bond acceptors (Lipinski definition) is 0. The molecule has 0 bridgehead atoms. The fraction of sp³-hybridized carbons (Fsp3) is 0.259. The first-order chi connectivity index (χ1) is 14.1. The van der Waals surface area contributed by atoms with E-state index in [0.717, 1.165) is 47.1 Å². The minimum atomic E-state index is -0.258. The first-order valence-corrected chi connectivity index (χ1v) is 10.2. The van der Waals surface area contributed by atoms with Crippen LogP contribution < -0.4 is 0 Å². The molecule has 0 N–H and O–H groups in total. The molecule has 4 rings (SSSR count). The van der Waals surface area contributed by atoms with Gasteiger partial charge in [0.1, 0.15) is 11.6 Å². The molecule has 1 aliphatic rings. The van der Waals surface area contributed by atoms with Gasteiger partial charge in [-0.05, 0) is 96.7 Å². The molecule has 0 heterocycles. The van der Waals surface area contributed by atoms with Crippen LogP contribution in [0.1, 0.15) is 54.7 Å². The van der Waals surface area contributed by atoms with Crippen LogP contribution >= 0.6 is 0 Å². The Kier molecular flexibility index (Phi) is 5.76. The van der Waals surface area contributed by atoms with Gasteiger partial charge in [0, 0.05) is 5.56 Å². The Balaban J connectivity index is 1.49. The standard InChI is InChI=1S/C27H24F2/c1-2-3-19-4-8-21(9-5-19)25-13-12-22(27(29)18-25)10-6-20-7-11-24-17-26(28)15-14-23(24)16-20/h2,7,11-19,21H,1,3-5,8-9H2. The normalized spacial score (nSPS) is 18.8. The van der Waals surface area contributed by atoms with Gasteiger partial charge in [0.15, 0.2) is 0 Å². The van der Waals surface area contributed by atoms with Crippen molar-refractivity contribution < 1.29 is 8.78 Å². The summed E-state index contributed by atoms with van der Waals surface area (Å²) in [6.45, 7) is 3.83. The molecule has 146 valence electrons. The third-order valence-corrected chi connectivity index (χ3v) is 5.96. The monoisotopic (exact) mass is 386 g/mol. The SMILES string of the molecule is C=CCC1CCC(c2ccc(C#Cc3ccc4cc(F)ccc4c3)c(F)c2)CC1. The molecular formula is C27H24F2. The van der Waals surface area contributed by atoms with E-state index in [1.54, 1.807) is 18.2 Å². The summed E-state index contributed by atoms with van der Waals surface area (Å²) >= 11 is 0. The summed E-state index contributed by atoms with van der Waals surface area (Å²) in [6, 6.07) is 15.7. The third kappa shape index (κ3) is 4.57. The topological polar surface area (TPSA) is 0 Å². The fourth-order valence-corrected chi connectivity index (χ4v) is 4.29. The lowest BCUT2D eigenvalue weighted by atomic mass is 9.77. The van der Waals surface area contributed by atoms with E-state index in [0.29, 0.717) is 11.5 Å². The summed E-state index contributed by atoms with van der Waals surface area (Å²) in [5, 5.41) is 1.75. The van der Waals surface area contributed by atoms with Crippen LogP contribution in [0, 0.1) is 29.4 Å². The first kappa shape index (κ1) is 19.4. The Labute approximate surface area is 171 Å². The van der Waals surface area contributed by atoms with Crippen molar-refractivity contribution in [2.75, 3.05) is 0 Å². The lowest BCUT2D eigenvalue weighted by Crippen LogP contribution is -2.13. The number of halogens is 2. The Morgan fingerprint density at radius 1 is 0.862 bits per heavy atom. The molecule has 0 nitrogen and oxygen atoms in total. The number of benzene rings is 3. The predicted molar refractivity (Wildman–Crippen MR) is 116 cm³/mol. The molecule has 0 unspecified atom stereocenters. The minimum absolute atomic E-state index is 0.257. The van der Waals surface area contributed by atoms with Crippen molar-refractivity contribution in [2.45, 2.75) is 38.0 Å². The molecule has 1 saturated carbocycles. The number of allylic oxidation sites excluding steroid dienone is 1. The quantitative estimate of drug-likeness (QED) is 0.326. The maximum atomic E-state index is 14.6. The lowest BCUT2D eigenvalue weighted by Gasteiger charge is -2.28.